The molecule has 2 amide bonds. The highest BCUT2D eigenvalue weighted by molar-refractivity contribution is 5.98. The number of benzene rings is 3. The van der Waals surface area contributed by atoms with Gasteiger partial charge in [-0.15, -0.1) is 0 Å². The molecule has 0 radical (unpaired) electrons. The number of nitrogens with zero attached hydrogens (tertiary/aromatic N) is 1. The van der Waals surface area contributed by atoms with Crippen LogP contribution in [0.15, 0.2) is 60.7 Å². The van der Waals surface area contributed by atoms with Crippen molar-refractivity contribution in [2.24, 2.45) is 17.6 Å². The Bertz CT molecular complexity index is 1670. The fraction of sp³-hybridized carbons (Fsp3) is 0.447. The fourth-order valence-corrected chi connectivity index (χ4v) is 6.84. The maximum Gasteiger partial charge on any atom is 0.416 e. The second-order valence-corrected chi connectivity index (χ2v) is 13.6. The number of aryl methyl sites for hydroxylation is 1. The van der Waals surface area contributed by atoms with E-state index in [1.165, 1.54) is 23.1 Å². The van der Waals surface area contributed by atoms with Gasteiger partial charge < -0.3 is 26.0 Å². The molecule has 0 spiro atoms. The van der Waals surface area contributed by atoms with E-state index in [0.29, 0.717) is 30.0 Å². The number of anilines is 2. The van der Waals surface area contributed by atoms with Crippen LogP contribution in [0.3, 0.4) is 0 Å². The van der Waals surface area contributed by atoms with Crippen molar-refractivity contribution in [2.75, 3.05) is 17.2 Å². The summed E-state index contributed by atoms with van der Waals surface area (Å²) in [6.45, 7) is 4.65. The van der Waals surface area contributed by atoms with Crippen LogP contribution >= 0.6 is 0 Å². The molecule has 3 aromatic carbocycles. The smallest absolute Gasteiger partial charge is 0.416 e. The first kappa shape index (κ1) is 36.8. The van der Waals surface area contributed by atoms with E-state index in [0.717, 1.165) is 43.5 Å². The Morgan fingerprint density at radius 3 is 2.28 bits per heavy atom. The number of amides is 2. The zero-order chi connectivity index (χ0) is 36.2. The fourth-order valence-electron chi connectivity index (χ4n) is 6.84. The van der Waals surface area contributed by atoms with E-state index in [2.05, 4.69) is 10.6 Å². The first-order chi connectivity index (χ1) is 23.7. The summed E-state index contributed by atoms with van der Waals surface area (Å²) in [5.41, 5.74) is 6.22. The zero-order valence-corrected chi connectivity index (χ0v) is 28.5. The van der Waals surface area contributed by atoms with Crippen molar-refractivity contribution in [3.63, 3.8) is 0 Å². The molecule has 1 heterocycles. The summed E-state index contributed by atoms with van der Waals surface area (Å²) in [6.07, 6.45) is 0.423. The third-order valence-corrected chi connectivity index (χ3v) is 9.69. The number of piperidine rings is 1. The number of carbonyl (C=O) groups is 3. The molecule has 2 aliphatic rings. The van der Waals surface area contributed by atoms with Gasteiger partial charge in [0, 0.05) is 29.5 Å². The number of esters is 1. The van der Waals surface area contributed by atoms with E-state index in [1.54, 1.807) is 26.8 Å². The van der Waals surface area contributed by atoms with Crippen molar-refractivity contribution >= 4 is 29.2 Å². The van der Waals surface area contributed by atoms with Crippen molar-refractivity contribution in [2.45, 2.75) is 90.2 Å². The molecular weight excluding hydrogens is 652 g/mol. The lowest BCUT2D eigenvalue weighted by Crippen LogP contribution is -2.46. The maximum atomic E-state index is 15.1. The SMILES string of the molecule is Cc1cccc(F)c1C(=O)N1CCC[C@H](C(=O)Nc2ccc(COC(=O)[C@@H](N)C(C)C)c(C(F)(F)F)c2)[C@@H]1c1ccc(NC2CCCC2)cc1. The van der Waals surface area contributed by atoms with Crippen LogP contribution in [0.25, 0.3) is 0 Å². The van der Waals surface area contributed by atoms with E-state index >= 15 is 4.39 Å². The second kappa shape index (κ2) is 15.6. The molecule has 268 valence electrons. The van der Waals surface area contributed by atoms with Crippen LogP contribution in [0.4, 0.5) is 28.9 Å². The molecule has 1 aliphatic heterocycles. The van der Waals surface area contributed by atoms with Crippen LogP contribution in [0.2, 0.25) is 0 Å². The molecule has 0 aromatic heterocycles. The van der Waals surface area contributed by atoms with E-state index in [1.807, 2.05) is 24.3 Å². The number of ether oxygens (including phenoxy) is 1. The number of halogens is 4. The molecular formula is C38H44F4N4O4. The molecule has 2 fully saturated rings. The van der Waals surface area contributed by atoms with Gasteiger partial charge in [0.05, 0.1) is 23.1 Å². The summed E-state index contributed by atoms with van der Waals surface area (Å²) < 4.78 is 62.7. The number of hydrogen-bond acceptors (Lipinski definition) is 6. The average Bonchev–Trinajstić information content (AvgIpc) is 3.59. The minimum absolute atomic E-state index is 0.0847. The predicted octanol–water partition coefficient (Wildman–Crippen LogP) is 7.77. The Morgan fingerprint density at radius 2 is 1.64 bits per heavy atom. The Labute approximate surface area is 289 Å². The summed E-state index contributed by atoms with van der Waals surface area (Å²) in [5.74, 6) is -3.76. The third-order valence-electron chi connectivity index (χ3n) is 9.69. The molecule has 12 heteroatoms. The van der Waals surface area contributed by atoms with Crippen LogP contribution < -0.4 is 16.4 Å². The number of carbonyl (C=O) groups excluding carboxylic acids is 3. The van der Waals surface area contributed by atoms with Gasteiger partial charge in [0.2, 0.25) is 5.91 Å². The van der Waals surface area contributed by atoms with Crippen molar-refractivity contribution in [3.8, 4) is 0 Å². The van der Waals surface area contributed by atoms with Gasteiger partial charge in [-0.25, -0.2) is 4.39 Å². The standard InChI is InChI=1S/C38H44F4N4O4/c1-22(2)33(43)37(49)50-21-25-15-18-28(20-30(25)38(40,41)42)45-35(47)29-11-7-19-46(36(48)32-23(3)8-6-12-31(32)39)34(29)24-13-16-27(17-14-24)44-26-9-4-5-10-26/h6,8,12-18,20,22,26,29,33-34,44H,4-5,7,9-11,19,21,43H2,1-3H3,(H,45,47)/t29-,33-,34-/m0/s1. The molecule has 1 saturated carbocycles. The number of likely N-dealkylation sites (tertiary alicyclic amines) is 1. The summed E-state index contributed by atoms with van der Waals surface area (Å²) in [7, 11) is 0. The van der Waals surface area contributed by atoms with Crippen LogP contribution in [-0.4, -0.2) is 41.3 Å². The summed E-state index contributed by atoms with van der Waals surface area (Å²) >= 11 is 0. The van der Waals surface area contributed by atoms with E-state index in [9.17, 15) is 27.6 Å². The van der Waals surface area contributed by atoms with Gasteiger partial charge in [-0.3, -0.25) is 14.4 Å². The monoisotopic (exact) mass is 696 g/mol. The lowest BCUT2D eigenvalue weighted by Gasteiger charge is -2.41. The number of nitrogens with two attached hydrogens (primary N) is 1. The normalized spacial score (nSPS) is 18.9. The van der Waals surface area contributed by atoms with Crippen LogP contribution in [-0.2, 0) is 27.1 Å². The summed E-state index contributed by atoms with van der Waals surface area (Å²) in [6, 6.07) is 13.7. The highest BCUT2D eigenvalue weighted by Crippen LogP contribution is 2.40. The first-order valence-corrected chi connectivity index (χ1v) is 17.1. The van der Waals surface area contributed by atoms with Crippen LogP contribution in [0.1, 0.15) is 91.0 Å². The van der Waals surface area contributed by atoms with Crippen molar-refractivity contribution in [1.82, 2.24) is 4.90 Å². The highest BCUT2D eigenvalue weighted by atomic mass is 19.4. The zero-order valence-electron chi connectivity index (χ0n) is 28.5. The maximum absolute atomic E-state index is 15.1. The van der Waals surface area contributed by atoms with E-state index in [4.69, 9.17) is 10.5 Å². The third kappa shape index (κ3) is 8.46. The topological polar surface area (TPSA) is 114 Å². The molecule has 4 N–H and O–H groups in total. The molecule has 3 aromatic rings. The van der Waals surface area contributed by atoms with Crippen LogP contribution in [0.5, 0.6) is 0 Å². The van der Waals surface area contributed by atoms with Gasteiger partial charge >= 0.3 is 12.1 Å². The largest absolute Gasteiger partial charge is 0.460 e. The number of hydrogen-bond donors (Lipinski definition) is 3. The Kier molecular flexibility index (Phi) is 11.5. The van der Waals surface area contributed by atoms with Crippen molar-refractivity contribution in [3.05, 3.63) is 94.3 Å². The van der Waals surface area contributed by atoms with Crippen molar-refractivity contribution in [1.29, 1.82) is 0 Å². The predicted molar refractivity (Wildman–Crippen MR) is 183 cm³/mol. The molecule has 50 heavy (non-hydrogen) atoms. The Hall–Kier alpha value is -4.45. The molecule has 3 atom stereocenters. The minimum atomic E-state index is -4.81. The Morgan fingerprint density at radius 1 is 0.960 bits per heavy atom. The highest BCUT2D eigenvalue weighted by Gasteiger charge is 2.41. The van der Waals surface area contributed by atoms with E-state index in [-0.39, 0.29) is 29.3 Å². The summed E-state index contributed by atoms with van der Waals surface area (Å²) in [5, 5.41) is 6.16. The second-order valence-electron chi connectivity index (χ2n) is 13.6. The quantitative estimate of drug-likeness (QED) is 0.148. The van der Waals surface area contributed by atoms with Crippen LogP contribution in [0, 0.1) is 24.6 Å². The average molecular weight is 697 g/mol. The number of rotatable bonds is 10. The molecule has 0 unspecified atom stereocenters. The van der Waals surface area contributed by atoms with Gasteiger partial charge in [-0.1, -0.05) is 57.0 Å². The van der Waals surface area contributed by atoms with Gasteiger partial charge in [0.15, 0.2) is 0 Å². The minimum Gasteiger partial charge on any atom is -0.460 e. The number of alkyl halides is 3. The summed E-state index contributed by atoms with van der Waals surface area (Å²) in [4.78, 5) is 41.7. The van der Waals surface area contributed by atoms with Gasteiger partial charge in [0.1, 0.15) is 18.5 Å². The molecule has 5 rings (SSSR count). The van der Waals surface area contributed by atoms with Gasteiger partial charge in [-0.05, 0) is 80.0 Å². The molecule has 1 saturated heterocycles. The van der Waals surface area contributed by atoms with E-state index < -0.39 is 59.9 Å². The lowest BCUT2D eigenvalue weighted by molar-refractivity contribution is -0.149. The van der Waals surface area contributed by atoms with Gasteiger partial charge in [-0.2, -0.15) is 13.2 Å². The van der Waals surface area contributed by atoms with Gasteiger partial charge in [0.25, 0.3) is 5.91 Å². The lowest BCUT2D eigenvalue weighted by atomic mass is 9.83. The molecule has 0 bridgehead atoms. The van der Waals surface area contributed by atoms with Crippen molar-refractivity contribution < 1.29 is 36.7 Å². The number of nitrogens with one attached hydrogen (secondary N) is 2. The Balaban J connectivity index is 1.43. The first-order valence-electron chi connectivity index (χ1n) is 17.1. The molecule has 8 nitrogen and oxygen atoms in total. The molecule has 1 aliphatic carbocycles.